The number of ether oxygens (including phenoxy) is 3. The largest absolute Gasteiger partial charge is 0.494 e. The topological polar surface area (TPSA) is 56.8 Å². The number of piperidine rings is 1. The monoisotopic (exact) mass is 425 g/mol. The van der Waals surface area contributed by atoms with Gasteiger partial charge in [-0.1, -0.05) is 12.1 Å². The summed E-state index contributed by atoms with van der Waals surface area (Å²) in [4.78, 5) is 12.4. The van der Waals surface area contributed by atoms with Crippen LogP contribution in [0.2, 0.25) is 0 Å². The first-order valence-electron chi connectivity index (χ1n) is 10.7. The van der Waals surface area contributed by atoms with E-state index in [1.807, 2.05) is 18.2 Å². The van der Waals surface area contributed by atoms with Crippen LogP contribution in [0.3, 0.4) is 0 Å². The fourth-order valence-electron chi connectivity index (χ4n) is 4.32. The van der Waals surface area contributed by atoms with Gasteiger partial charge >= 0.3 is 0 Å². The third kappa shape index (κ3) is 4.84. The molecule has 0 spiro atoms. The molecule has 1 aliphatic heterocycles. The zero-order chi connectivity index (χ0) is 21.8. The molecule has 0 aromatic heterocycles. The van der Waals surface area contributed by atoms with Crippen molar-refractivity contribution >= 4 is 12.0 Å². The Morgan fingerprint density at radius 3 is 2.45 bits per heavy atom. The fourth-order valence-corrected chi connectivity index (χ4v) is 4.32. The van der Waals surface area contributed by atoms with Crippen molar-refractivity contribution in [3.63, 3.8) is 0 Å². The first-order chi connectivity index (χ1) is 15.1. The summed E-state index contributed by atoms with van der Waals surface area (Å²) < 4.78 is 30.7. The van der Waals surface area contributed by atoms with Gasteiger partial charge in [0.2, 0.25) is 5.91 Å². The minimum absolute atomic E-state index is 0.101. The van der Waals surface area contributed by atoms with Crippen molar-refractivity contribution in [2.45, 2.75) is 44.1 Å². The molecule has 1 saturated heterocycles. The predicted octanol–water partition coefficient (Wildman–Crippen LogP) is 4.85. The van der Waals surface area contributed by atoms with E-state index in [1.165, 1.54) is 26.0 Å². The Morgan fingerprint density at radius 1 is 1.00 bits per heavy atom. The number of amides is 1. The average Bonchev–Trinajstić information content (AvgIpc) is 3.28. The van der Waals surface area contributed by atoms with E-state index < -0.39 is 5.82 Å². The molecule has 2 aromatic rings. The minimum Gasteiger partial charge on any atom is -0.494 e. The molecule has 0 radical (unpaired) electrons. The third-order valence-electron chi connectivity index (χ3n) is 6.04. The van der Waals surface area contributed by atoms with E-state index in [0.29, 0.717) is 24.1 Å². The summed E-state index contributed by atoms with van der Waals surface area (Å²) in [6, 6.07) is 10.7. The zero-order valence-corrected chi connectivity index (χ0v) is 17.9. The van der Waals surface area contributed by atoms with Crippen LogP contribution >= 0.6 is 0 Å². The highest BCUT2D eigenvalue weighted by Gasteiger charge is 2.26. The second kappa shape index (κ2) is 9.41. The van der Waals surface area contributed by atoms with Crippen molar-refractivity contribution < 1.29 is 23.4 Å². The lowest BCUT2D eigenvalue weighted by Gasteiger charge is -2.26. The van der Waals surface area contributed by atoms with Crippen LogP contribution in [0.25, 0.3) is 6.08 Å². The van der Waals surface area contributed by atoms with Crippen LogP contribution in [-0.4, -0.2) is 32.8 Å². The molecule has 31 heavy (non-hydrogen) atoms. The third-order valence-corrected chi connectivity index (χ3v) is 6.04. The number of rotatable bonds is 6. The first-order valence-corrected chi connectivity index (χ1v) is 10.7. The highest BCUT2D eigenvalue weighted by atomic mass is 19.1. The normalized spacial score (nSPS) is 20.5. The lowest BCUT2D eigenvalue weighted by molar-refractivity contribution is -0.118. The summed E-state index contributed by atoms with van der Waals surface area (Å²) in [5, 5.41) is 2.96. The molecule has 1 N–H and O–H groups in total. The second-order valence-electron chi connectivity index (χ2n) is 8.11. The molecule has 2 fully saturated rings. The molecule has 0 unspecified atom stereocenters. The van der Waals surface area contributed by atoms with Gasteiger partial charge in [-0.2, -0.15) is 0 Å². The lowest BCUT2D eigenvalue weighted by Crippen LogP contribution is -2.35. The van der Waals surface area contributed by atoms with E-state index in [4.69, 9.17) is 14.2 Å². The average molecular weight is 426 g/mol. The Morgan fingerprint density at radius 2 is 1.74 bits per heavy atom. The smallest absolute Gasteiger partial charge is 0.247 e. The summed E-state index contributed by atoms with van der Waals surface area (Å²) in [5.41, 5.74) is 2.33. The van der Waals surface area contributed by atoms with Crippen LogP contribution < -0.4 is 19.5 Å². The van der Waals surface area contributed by atoms with Crippen molar-refractivity contribution in [2.75, 3.05) is 20.8 Å². The number of hydrogen-bond acceptors (Lipinski definition) is 4. The van der Waals surface area contributed by atoms with Crippen molar-refractivity contribution in [2.24, 2.45) is 0 Å². The van der Waals surface area contributed by atoms with Gasteiger partial charge in [-0.05, 0) is 73.6 Å². The highest BCUT2D eigenvalue weighted by Crippen LogP contribution is 2.36. The van der Waals surface area contributed by atoms with Gasteiger partial charge in [0.05, 0.1) is 20.3 Å². The highest BCUT2D eigenvalue weighted by molar-refractivity contribution is 5.98. The van der Waals surface area contributed by atoms with E-state index in [1.54, 1.807) is 25.3 Å². The Labute approximate surface area is 182 Å². The molecule has 2 aromatic carbocycles. The Balaban J connectivity index is 1.56. The fraction of sp³-hybridized carbons (Fsp3) is 0.400. The number of carbonyl (C=O) groups is 1. The molecule has 1 aliphatic carbocycles. The molecule has 1 saturated carbocycles. The van der Waals surface area contributed by atoms with Crippen LogP contribution in [0.5, 0.6) is 17.2 Å². The molecule has 5 nitrogen and oxygen atoms in total. The maximum atomic E-state index is 14.0. The number of carbonyl (C=O) groups excluding carboxylic acids is 1. The second-order valence-corrected chi connectivity index (χ2v) is 8.11. The van der Waals surface area contributed by atoms with Crippen molar-refractivity contribution in [3.05, 3.63) is 58.9 Å². The van der Waals surface area contributed by atoms with E-state index >= 15 is 0 Å². The summed E-state index contributed by atoms with van der Waals surface area (Å²) in [5.74, 6) is 1.19. The predicted molar refractivity (Wildman–Crippen MR) is 117 cm³/mol. The number of hydrogen-bond donors (Lipinski definition) is 1. The van der Waals surface area contributed by atoms with Crippen LogP contribution in [0.1, 0.15) is 49.1 Å². The molecule has 4 rings (SSSR count). The van der Waals surface area contributed by atoms with E-state index in [2.05, 4.69) is 5.32 Å². The summed E-state index contributed by atoms with van der Waals surface area (Å²) in [6.45, 7) is 0.544. The molecular formula is C25H28FNO4. The molecular weight excluding hydrogens is 397 g/mol. The Kier molecular flexibility index (Phi) is 6.44. The van der Waals surface area contributed by atoms with Gasteiger partial charge in [0, 0.05) is 18.0 Å². The number of nitrogens with one attached hydrogen (secondary N) is 1. The van der Waals surface area contributed by atoms with Crippen LogP contribution in [0.4, 0.5) is 4.39 Å². The van der Waals surface area contributed by atoms with Crippen molar-refractivity contribution in [3.8, 4) is 17.2 Å². The summed E-state index contributed by atoms with van der Waals surface area (Å²) in [6.07, 6.45) is 7.06. The molecule has 0 bridgehead atoms. The van der Waals surface area contributed by atoms with Crippen molar-refractivity contribution in [1.82, 2.24) is 5.32 Å². The van der Waals surface area contributed by atoms with Gasteiger partial charge in [-0.3, -0.25) is 4.79 Å². The lowest BCUT2D eigenvalue weighted by atomic mass is 9.87. The number of benzene rings is 2. The SMILES string of the molecule is COc1ccc(C=C2C[C@@H](c3ccc(OC)c(OC4CCCC4)c3)CNC2=O)cc1F. The van der Waals surface area contributed by atoms with Gasteiger partial charge in [-0.25, -0.2) is 4.39 Å². The summed E-state index contributed by atoms with van der Waals surface area (Å²) >= 11 is 0. The van der Waals surface area contributed by atoms with Gasteiger partial charge in [0.25, 0.3) is 0 Å². The van der Waals surface area contributed by atoms with Gasteiger partial charge in [-0.15, -0.1) is 0 Å². The number of methoxy groups -OCH3 is 2. The standard InChI is InChI=1S/C25H28FNO4/c1-29-22-9-7-16(12-21(22)26)11-18-13-19(15-27-25(18)28)17-8-10-23(30-2)24(14-17)31-20-5-3-4-6-20/h7-12,14,19-20H,3-6,13,15H2,1-2H3,(H,27,28)/t19-/m1/s1. The molecule has 1 atom stereocenters. The zero-order valence-electron chi connectivity index (χ0n) is 17.9. The molecule has 1 heterocycles. The minimum atomic E-state index is -0.450. The quantitative estimate of drug-likeness (QED) is 0.672. The number of halogens is 1. The van der Waals surface area contributed by atoms with Crippen molar-refractivity contribution in [1.29, 1.82) is 0 Å². The molecule has 164 valence electrons. The first kappa shape index (κ1) is 21.2. The Hall–Kier alpha value is -3.02. The maximum Gasteiger partial charge on any atom is 0.247 e. The summed E-state index contributed by atoms with van der Waals surface area (Å²) in [7, 11) is 3.07. The van der Waals surface area contributed by atoms with E-state index in [-0.39, 0.29) is 23.7 Å². The van der Waals surface area contributed by atoms with Gasteiger partial charge < -0.3 is 19.5 Å². The van der Waals surface area contributed by atoms with Gasteiger partial charge in [0.15, 0.2) is 23.1 Å². The van der Waals surface area contributed by atoms with Crippen LogP contribution in [0.15, 0.2) is 42.0 Å². The van der Waals surface area contributed by atoms with Crippen LogP contribution in [-0.2, 0) is 4.79 Å². The Bertz CT molecular complexity index is 981. The van der Waals surface area contributed by atoms with E-state index in [9.17, 15) is 9.18 Å². The maximum absolute atomic E-state index is 14.0. The molecule has 1 amide bonds. The van der Waals surface area contributed by atoms with Crippen LogP contribution in [0, 0.1) is 5.82 Å². The molecule has 6 heteroatoms. The van der Waals surface area contributed by atoms with E-state index in [0.717, 1.165) is 29.9 Å². The molecule has 2 aliphatic rings. The van der Waals surface area contributed by atoms with Gasteiger partial charge in [0.1, 0.15) is 0 Å².